The number of fused-ring (bicyclic) bond motifs is 1. The van der Waals surface area contributed by atoms with Gasteiger partial charge >= 0.3 is 17.6 Å². The van der Waals surface area contributed by atoms with Crippen molar-refractivity contribution in [1.29, 1.82) is 0 Å². The van der Waals surface area contributed by atoms with Gasteiger partial charge in [0, 0.05) is 32.4 Å². The number of nitrogens with zero attached hydrogens (tertiary/aromatic N) is 3. The van der Waals surface area contributed by atoms with E-state index in [1.165, 1.54) is 17.0 Å². The van der Waals surface area contributed by atoms with Crippen LogP contribution in [0.3, 0.4) is 0 Å². The van der Waals surface area contributed by atoms with Crippen LogP contribution in [0.2, 0.25) is 0 Å². The van der Waals surface area contributed by atoms with Crippen LogP contribution in [0.1, 0.15) is 10.4 Å². The van der Waals surface area contributed by atoms with Crippen molar-refractivity contribution in [3.63, 3.8) is 0 Å². The average molecular weight is 348 g/mol. The third kappa shape index (κ3) is 2.86. The van der Waals surface area contributed by atoms with Crippen LogP contribution in [0.5, 0.6) is 0 Å². The molecular formula is C14H12N4O5S. The maximum absolute atomic E-state index is 12.2. The number of carboxylic acids is 1. The normalized spacial score (nSPS) is 10.8. The van der Waals surface area contributed by atoms with Gasteiger partial charge in [0.15, 0.2) is 11.4 Å². The van der Waals surface area contributed by atoms with E-state index in [0.717, 1.165) is 11.3 Å². The number of carbonyl (C=O) groups excluding carboxylic acids is 1. The van der Waals surface area contributed by atoms with Crippen LogP contribution in [0.4, 0.5) is 15.6 Å². The Morgan fingerprint density at radius 1 is 1.42 bits per heavy atom. The first kappa shape index (κ1) is 15.7. The molecule has 0 aromatic carbocycles. The molecule has 24 heavy (non-hydrogen) atoms. The second-order valence-electron chi connectivity index (χ2n) is 4.93. The summed E-state index contributed by atoms with van der Waals surface area (Å²) in [5.74, 6) is -0.961. The number of aromatic nitrogens is 2. The van der Waals surface area contributed by atoms with Crippen molar-refractivity contribution in [1.82, 2.24) is 9.78 Å². The monoisotopic (exact) mass is 348 g/mol. The van der Waals surface area contributed by atoms with Gasteiger partial charge in [-0.3, -0.25) is 14.9 Å². The van der Waals surface area contributed by atoms with Crippen molar-refractivity contribution in [2.45, 2.75) is 0 Å². The molecular weight excluding hydrogens is 336 g/mol. The Morgan fingerprint density at radius 2 is 2.17 bits per heavy atom. The minimum atomic E-state index is -1.36. The molecule has 0 unspecified atom stereocenters. The van der Waals surface area contributed by atoms with Gasteiger partial charge in [-0.05, 0) is 6.07 Å². The molecule has 10 heteroatoms. The molecule has 0 aliphatic rings. The highest BCUT2D eigenvalue weighted by atomic mass is 32.1. The summed E-state index contributed by atoms with van der Waals surface area (Å²) < 4.78 is 7.00. The molecule has 0 saturated carbocycles. The van der Waals surface area contributed by atoms with Gasteiger partial charge in [-0.2, -0.15) is 5.10 Å². The zero-order chi connectivity index (χ0) is 17.4. The topological polar surface area (TPSA) is 118 Å². The first-order valence-corrected chi connectivity index (χ1v) is 7.52. The lowest BCUT2D eigenvalue weighted by molar-refractivity contribution is 0.0692. The average Bonchev–Trinajstić information content (AvgIpc) is 3.11. The largest absolute Gasteiger partial charge is 0.477 e. The molecule has 0 fully saturated rings. The van der Waals surface area contributed by atoms with Gasteiger partial charge in [0.25, 0.3) is 0 Å². The number of hydrogen-bond donors (Lipinski definition) is 2. The molecule has 2 N–H and O–H groups in total. The van der Waals surface area contributed by atoms with Crippen molar-refractivity contribution in [3.8, 4) is 0 Å². The fourth-order valence-electron chi connectivity index (χ4n) is 1.99. The molecule has 3 aromatic rings. The predicted octanol–water partition coefficient (Wildman–Crippen LogP) is 1.95. The third-order valence-corrected chi connectivity index (χ3v) is 4.36. The van der Waals surface area contributed by atoms with E-state index in [1.807, 2.05) is 0 Å². The van der Waals surface area contributed by atoms with Gasteiger partial charge in [0.05, 0.1) is 4.70 Å². The molecule has 3 rings (SSSR count). The highest BCUT2D eigenvalue weighted by Gasteiger charge is 2.18. The number of amides is 2. The van der Waals surface area contributed by atoms with E-state index in [1.54, 1.807) is 31.0 Å². The number of urea groups is 1. The second kappa shape index (κ2) is 5.81. The van der Waals surface area contributed by atoms with E-state index in [2.05, 4.69) is 10.4 Å². The van der Waals surface area contributed by atoms with Crippen molar-refractivity contribution in [2.75, 3.05) is 17.3 Å². The molecule has 3 heterocycles. The first-order valence-electron chi connectivity index (χ1n) is 6.70. The summed E-state index contributed by atoms with van der Waals surface area (Å²) in [7, 11) is 3.27. The fraction of sp³-hybridized carbons (Fsp3) is 0.143. The quantitative estimate of drug-likeness (QED) is 0.747. The van der Waals surface area contributed by atoms with E-state index in [0.29, 0.717) is 15.5 Å². The summed E-state index contributed by atoms with van der Waals surface area (Å²) in [6.07, 6.45) is 1.69. The van der Waals surface area contributed by atoms with E-state index >= 15 is 0 Å². The number of nitrogens with one attached hydrogen (secondary N) is 1. The Morgan fingerprint density at radius 3 is 2.79 bits per heavy atom. The SMILES string of the molecule is CN(C(=O)Nc1ccn(C)n1)c1cc2oc(=O)c(C(=O)O)cc2s1. The lowest BCUT2D eigenvalue weighted by Gasteiger charge is -2.14. The molecule has 0 aliphatic carbocycles. The number of aryl methyl sites for hydroxylation is 1. The molecule has 0 radical (unpaired) electrons. The highest BCUT2D eigenvalue weighted by molar-refractivity contribution is 7.22. The molecule has 0 saturated heterocycles. The third-order valence-electron chi connectivity index (χ3n) is 3.22. The lowest BCUT2D eigenvalue weighted by atomic mass is 10.3. The van der Waals surface area contributed by atoms with Gasteiger partial charge < -0.3 is 9.52 Å². The second-order valence-corrected chi connectivity index (χ2v) is 5.99. The molecule has 2 amide bonds. The standard InChI is InChI=1S/C14H12N4O5S/c1-17-4-3-10(16-17)15-14(22)18(2)11-6-8-9(24-11)5-7(12(19)20)13(21)23-8/h3-6H,1-2H3,(H,19,20)(H,15,16,22). The van der Waals surface area contributed by atoms with Crippen LogP contribution in [0, 0.1) is 0 Å². The van der Waals surface area contributed by atoms with Crippen molar-refractivity contribution in [2.24, 2.45) is 7.05 Å². The number of anilines is 2. The Balaban J connectivity index is 1.89. The summed E-state index contributed by atoms with van der Waals surface area (Å²) in [5, 5.41) is 16.1. The van der Waals surface area contributed by atoms with Crippen molar-refractivity contribution in [3.05, 3.63) is 40.4 Å². The summed E-state index contributed by atoms with van der Waals surface area (Å²) in [6, 6.07) is 3.96. The molecule has 9 nitrogen and oxygen atoms in total. The zero-order valence-corrected chi connectivity index (χ0v) is 13.5. The molecule has 0 atom stereocenters. The Bertz CT molecular complexity index is 1000. The van der Waals surface area contributed by atoms with Crippen LogP contribution >= 0.6 is 11.3 Å². The summed E-state index contributed by atoms with van der Waals surface area (Å²) >= 11 is 1.13. The number of hydrogen-bond acceptors (Lipinski definition) is 6. The molecule has 124 valence electrons. The summed E-state index contributed by atoms with van der Waals surface area (Å²) in [4.78, 5) is 36.1. The lowest BCUT2D eigenvalue weighted by Crippen LogP contribution is -2.30. The smallest absolute Gasteiger partial charge is 0.351 e. The minimum Gasteiger partial charge on any atom is -0.477 e. The van der Waals surface area contributed by atoms with E-state index in [-0.39, 0.29) is 5.58 Å². The Labute approximate surface area is 138 Å². The van der Waals surface area contributed by atoms with Gasteiger partial charge in [-0.25, -0.2) is 14.4 Å². The summed E-state index contributed by atoms with van der Waals surface area (Å²) in [5.41, 5.74) is -1.15. The minimum absolute atomic E-state index is 0.225. The van der Waals surface area contributed by atoms with Crippen LogP contribution in [-0.2, 0) is 7.05 Å². The van der Waals surface area contributed by atoms with Crippen LogP contribution in [0.25, 0.3) is 10.3 Å². The highest BCUT2D eigenvalue weighted by Crippen LogP contribution is 2.32. The molecule has 0 spiro atoms. The number of aromatic carboxylic acids is 1. The number of carboxylic acid groups (broad SMARTS) is 1. The van der Waals surface area contributed by atoms with E-state index < -0.39 is 23.2 Å². The van der Waals surface area contributed by atoms with Gasteiger partial charge in [-0.1, -0.05) is 0 Å². The van der Waals surface area contributed by atoms with Crippen LogP contribution < -0.4 is 15.8 Å². The summed E-state index contributed by atoms with van der Waals surface area (Å²) in [6.45, 7) is 0. The van der Waals surface area contributed by atoms with E-state index in [4.69, 9.17) is 9.52 Å². The Kier molecular flexibility index (Phi) is 3.81. The number of rotatable bonds is 3. The Hall–Kier alpha value is -3.14. The van der Waals surface area contributed by atoms with E-state index in [9.17, 15) is 14.4 Å². The van der Waals surface area contributed by atoms with Gasteiger partial charge in [-0.15, -0.1) is 11.3 Å². The van der Waals surface area contributed by atoms with Crippen LogP contribution in [-0.4, -0.2) is 33.9 Å². The number of carbonyl (C=O) groups is 2. The van der Waals surface area contributed by atoms with Gasteiger partial charge in [0.2, 0.25) is 0 Å². The maximum atomic E-state index is 12.2. The van der Waals surface area contributed by atoms with Crippen molar-refractivity contribution < 1.29 is 19.1 Å². The molecule has 3 aromatic heterocycles. The number of thiophene rings is 1. The van der Waals surface area contributed by atoms with Crippen LogP contribution in [0.15, 0.2) is 33.6 Å². The maximum Gasteiger partial charge on any atom is 0.351 e. The van der Waals surface area contributed by atoms with Crippen molar-refractivity contribution >= 4 is 44.4 Å². The fourth-order valence-corrected chi connectivity index (χ4v) is 2.98. The zero-order valence-electron chi connectivity index (χ0n) is 12.6. The van der Waals surface area contributed by atoms with Gasteiger partial charge in [0.1, 0.15) is 10.6 Å². The molecule has 0 bridgehead atoms. The first-order chi connectivity index (χ1) is 11.3. The predicted molar refractivity (Wildman–Crippen MR) is 88.0 cm³/mol. The molecule has 0 aliphatic heterocycles.